The average molecular weight is 851 g/mol. The molecule has 2 unspecified atom stereocenters. The van der Waals surface area contributed by atoms with Gasteiger partial charge in [0.15, 0.2) is 0 Å². The predicted molar refractivity (Wildman–Crippen MR) is 235 cm³/mol. The number of morpholine rings is 2. The fraction of sp³-hybridized carbons (Fsp3) is 0.347. The van der Waals surface area contributed by atoms with Gasteiger partial charge in [-0.1, -0.05) is 84.7 Å². The van der Waals surface area contributed by atoms with E-state index in [4.69, 9.17) is 19.9 Å². The number of nitrogens with one attached hydrogen (secondary N) is 3. The summed E-state index contributed by atoms with van der Waals surface area (Å²) in [6.07, 6.45) is 12.7. The Morgan fingerprint density at radius 3 is 2.44 bits per heavy atom. The molecule has 8 atom stereocenters. The van der Waals surface area contributed by atoms with Gasteiger partial charge in [-0.3, -0.25) is 19.3 Å². The number of allylic oxidation sites excluding steroid dienone is 4. The monoisotopic (exact) mass is 850 g/mol. The number of urea groups is 1. The minimum atomic E-state index is -1.62. The highest BCUT2D eigenvalue weighted by molar-refractivity contribution is 6.04. The van der Waals surface area contributed by atoms with Gasteiger partial charge in [0.05, 0.1) is 55.8 Å². The lowest BCUT2D eigenvalue weighted by atomic mass is 9.60. The molecule has 1 spiro atoms. The molecule has 4 aliphatic heterocycles. The number of rotatable bonds is 10. The fourth-order valence-corrected chi connectivity index (χ4v) is 10.3. The molecule has 0 saturated carbocycles. The van der Waals surface area contributed by atoms with Gasteiger partial charge in [0.25, 0.3) is 0 Å². The lowest BCUT2D eigenvalue weighted by Crippen LogP contribution is -2.57. The Morgan fingerprint density at radius 2 is 1.73 bits per heavy atom. The van der Waals surface area contributed by atoms with Crippen LogP contribution in [0.2, 0.25) is 0 Å². The third-order valence-electron chi connectivity index (χ3n) is 12.9. The predicted octanol–water partition coefficient (Wildman–Crippen LogP) is 4.09. The Bertz CT molecular complexity index is 2420. The quantitative estimate of drug-likeness (QED) is 0.147. The summed E-state index contributed by atoms with van der Waals surface area (Å²) >= 11 is 0. The smallest absolute Gasteiger partial charge is 0.324 e. The number of carbonyl (C=O) groups excluding carboxylic acids is 4. The highest BCUT2D eigenvalue weighted by atomic mass is 16.6. The Kier molecular flexibility index (Phi) is 11.9. The van der Waals surface area contributed by atoms with E-state index in [0.29, 0.717) is 35.8 Å². The van der Waals surface area contributed by atoms with Crippen LogP contribution in [0.15, 0.2) is 126 Å². The minimum absolute atomic E-state index is 0.00644. The lowest BCUT2D eigenvalue weighted by molar-refractivity contribution is -0.174. The first-order chi connectivity index (χ1) is 30.8. The first kappa shape index (κ1) is 41.7. The number of esters is 1. The number of amides is 4. The Balaban J connectivity index is 1.23. The van der Waals surface area contributed by atoms with Crippen molar-refractivity contribution in [1.29, 1.82) is 0 Å². The number of aliphatic hydroxyl groups excluding tert-OH is 1. The molecule has 3 aromatic rings. The third kappa shape index (κ3) is 7.88. The van der Waals surface area contributed by atoms with Crippen molar-refractivity contribution in [2.45, 2.75) is 43.1 Å². The molecular formula is C49H50N6O8. The zero-order valence-corrected chi connectivity index (χ0v) is 34.7. The van der Waals surface area contributed by atoms with Crippen molar-refractivity contribution < 1.29 is 38.5 Å². The zero-order valence-electron chi connectivity index (χ0n) is 34.7. The van der Waals surface area contributed by atoms with Gasteiger partial charge in [0.2, 0.25) is 11.8 Å². The molecule has 9 rings (SSSR count). The van der Waals surface area contributed by atoms with E-state index in [1.54, 1.807) is 12.1 Å². The summed E-state index contributed by atoms with van der Waals surface area (Å²) in [5.74, 6) is 3.08. The van der Waals surface area contributed by atoms with Crippen LogP contribution >= 0.6 is 0 Å². The average Bonchev–Trinajstić information content (AvgIpc) is 3.79. The molecule has 3 aromatic carbocycles. The van der Waals surface area contributed by atoms with Gasteiger partial charge in [0, 0.05) is 36.0 Å². The molecule has 14 heteroatoms. The second-order valence-corrected chi connectivity index (χ2v) is 16.4. The molecule has 4 saturated heterocycles. The standard InChI is InChI=1S/C49H50N6O8/c50-48(60)51-23-7-8-31-13-22-39-38(30-31)49(47(59)53-39)40(45(57)52-35-16-18-36(19-17-35)54-24-27-61-28-25-54)42-46(58)63-43(33-11-5-2-6-12-33)41(32-9-3-1-4-10-32)55(42)44(49)34-14-20-37(21-15-34)62-29-26-56/h2-3,5-6,9-22,30,38-44,56H,1,4,23-29H2,(H,52,57)(H,53,59)(H3,50,51,60)/t38?,39?,40-,41-,42-,43+,44+,49-/m1/s1. The van der Waals surface area contributed by atoms with Crippen LogP contribution in [0.3, 0.4) is 0 Å². The fourth-order valence-electron chi connectivity index (χ4n) is 10.3. The van der Waals surface area contributed by atoms with Crippen LogP contribution in [0.5, 0.6) is 5.75 Å². The van der Waals surface area contributed by atoms with Crippen molar-refractivity contribution in [3.8, 4) is 17.6 Å². The number of anilines is 2. The number of primary amides is 1. The van der Waals surface area contributed by atoms with Crippen molar-refractivity contribution in [3.63, 3.8) is 0 Å². The molecule has 0 bridgehead atoms. The summed E-state index contributed by atoms with van der Waals surface area (Å²) in [4.78, 5) is 62.0. The van der Waals surface area contributed by atoms with Crippen LogP contribution in [0.1, 0.15) is 36.1 Å². The third-order valence-corrected chi connectivity index (χ3v) is 12.9. The minimum Gasteiger partial charge on any atom is -0.491 e. The summed E-state index contributed by atoms with van der Waals surface area (Å²) in [6, 6.07) is 20.5. The van der Waals surface area contributed by atoms with E-state index >= 15 is 14.4 Å². The Morgan fingerprint density at radius 1 is 0.952 bits per heavy atom. The number of carbonyl (C=O) groups is 4. The van der Waals surface area contributed by atoms with Gasteiger partial charge >= 0.3 is 12.0 Å². The largest absolute Gasteiger partial charge is 0.491 e. The maximum atomic E-state index is 15.6. The van der Waals surface area contributed by atoms with Crippen LogP contribution in [0.25, 0.3) is 0 Å². The SMILES string of the molecule is NC(=O)NCC#CC1=CC2C(C=C1)NC(=O)[C@]21[C@H](c2ccc(OCCO)cc2)N2[C@H](C3=CCCC=C3)[C@H](c3ccccc3)OC(=O)[C@H]2[C@@H]1C(=O)Nc1ccc(N2CCOCC2)cc1. The summed E-state index contributed by atoms with van der Waals surface area (Å²) in [7, 11) is 0. The highest BCUT2D eigenvalue weighted by Crippen LogP contribution is 2.65. The number of ether oxygens (including phenoxy) is 3. The Hall–Kier alpha value is -6.66. The van der Waals surface area contributed by atoms with Crippen LogP contribution in [0.4, 0.5) is 16.2 Å². The van der Waals surface area contributed by atoms with E-state index in [0.717, 1.165) is 42.8 Å². The van der Waals surface area contributed by atoms with Crippen molar-refractivity contribution in [1.82, 2.24) is 15.5 Å². The van der Waals surface area contributed by atoms with Crippen molar-refractivity contribution in [3.05, 3.63) is 138 Å². The van der Waals surface area contributed by atoms with Gasteiger partial charge in [-0.2, -0.15) is 0 Å². The van der Waals surface area contributed by atoms with E-state index in [1.165, 1.54) is 0 Å². The number of aliphatic hydroxyl groups is 1. The van der Waals surface area contributed by atoms with Gasteiger partial charge in [-0.25, -0.2) is 4.79 Å². The second kappa shape index (κ2) is 18.0. The van der Waals surface area contributed by atoms with E-state index in [1.807, 2.05) is 85.0 Å². The maximum Gasteiger partial charge on any atom is 0.324 e. The molecule has 6 aliphatic rings. The van der Waals surface area contributed by atoms with E-state index in [9.17, 15) is 9.90 Å². The molecule has 6 N–H and O–H groups in total. The number of cyclic esters (lactones) is 1. The van der Waals surface area contributed by atoms with Gasteiger partial charge in [-0.05, 0) is 72.0 Å². The van der Waals surface area contributed by atoms with Crippen LogP contribution in [-0.4, -0.2) is 98.0 Å². The van der Waals surface area contributed by atoms with E-state index in [-0.39, 0.29) is 25.7 Å². The molecule has 0 aromatic heterocycles. The highest BCUT2D eigenvalue weighted by Gasteiger charge is 2.76. The van der Waals surface area contributed by atoms with Crippen molar-refractivity contribution in [2.24, 2.45) is 23.0 Å². The molecule has 63 heavy (non-hydrogen) atoms. The molecular weight excluding hydrogens is 801 g/mol. The molecule has 324 valence electrons. The maximum absolute atomic E-state index is 15.6. The summed E-state index contributed by atoms with van der Waals surface area (Å²) in [5, 5.41) is 18.4. The molecule has 4 amide bonds. The molecule has 2 aliphatic carbocycles. The molecule has 14 nitrogen and oxygen atoms in total. The number of nitrogens with two attached hydrogens (primary N) is 1. The first-order valence-electron chi connectivity index (χ1n) is 21.5. The number of benzene rings is 3. The first-order valence-corrected chi connectivity index (χ1v) is 21.5. The summed E-state index contributed by atoms with van der Waals surface area (Å²) in [6.45, 7) is 2.67. The Labute approximate surface area is 365 Å². The number of fused-ring (bicyclic) bond motifs is 3. The van der Waals surface area contributed by atoms with Crippen molar-refractivity contribution >= 4 is 35.2 Å². The number of hydrogen-bond acceptors (Lipinski definition) is 10. The van der Waals surface area contributed by atoms with Gasteiger partial charge in [-0.15, -0.1) is 0 Å². The molecule has 0 radical (unpaired) electrons. The normalized spacial score (nSPS) is 28.4. The van der Waals surface area contributed by atoms with Crippen molar-refractivity contribution in [2.75, 3.05) is 56.3 Å². The van der Waals surface area contributed by atoms with Gasteiger partial charge < -0.3 is 45.9 Å². The van der Waals surface area contributed by atoms with E-state index < -0.39 is 65.4 Å². The number of hydrogen-bond donors (Lipinski definition) is 5. The topological polar surface area (TPSA) is 185 Å². The number of nitrogens with zero attached hydrogens (tertiary/aromatic N) is 2. The van der Waals surface area contributed by atoms with Crippen LogP contribution in [-0.2, 0) is 23.9 Å². The van der Waals surface area contributed by atoms with Crippen LogP contribution < -0.4 is 31.3 Å². The molecule has 4 fully saturated rings. The summed E-state index contributed by atoms with van der Waals surface area (Å²) in [5.41, 5.74) is 8.13. The van der Waals surface area contributed by atoms with E-state index in [2.05, 4.69) is 55.8 Å². The zero-order chi connectivity index (χ0) is 43.5. The molecule has 4 heterocycles. The van der Waals surface area contributed by atoms with Gasteiger partial charge in [0.1, 0.15) is 24.5 Å². The van der Waals surface area contributed by atoms with Crippen LogP contribution in [0, 0.1) is 29.1 Å². The summed E-state index contributed by atoms with van der Waals surface area (Å²) < 4.78 is 17.9. The second-order valence-electron chi connectivity index (χ2n) is 16.4. The lowest BCUT2D eigenvalue weighted by Gasteiger charge is -2.47.